The number of carbonyl (C=O) groups is 8. The zero-order valence-electron chi connectivity index (χ0n) is 29.7. The molecule has 0 spiro atoms. The Kier molecular flexibility index (Phi) is 14.7. The molecule has 2 aliphatic rings. The van der Waals surface area contributed by atoms with Crippen molar-refractivity contribution in [2.24, 2.45) is 0 Å². The largest absolute Gasteiger partial charge is 0.363 e. The zero-order valence-corrected chi connectivity index (χ0v) is 32.9. The second-order valence-electron chi connectivity index (χ2n) is 11.5. The Bertz CT molecular complexity index is 2020. The van der Waals surface area contributed by atoms with E-state index in [0.29, 0.717) is 31.0 Å². The predicted molar refractivity (Wildman–Crippen MR) is 209 cm³/mol. The summed E-state index contributed by atoms with van der Waals surface area (Å²) < 4.78 is 0. The first-order valence-electron chi connectivity index (χ1n) is 16.7. The fraction of sp³-hybridized carbons (Fsp3) is 0.158. The van der Waals surface area contributed by atoms with Gasteiger partial charge in [-0.2, -0.15) is 0 Å². The molecule has 0 aromatic heterocycles. The Hall–Kier alpha value is -5.56. The van der Waals surface area contributed by atoms with E-state index in [1.165, 1.54) is 33.7 Å². The van der Waals surface area contributed by atoms with E-state index in [4.69, 9.17) is 9.68 Å². The topological polar surface area (TPSA) is 186 Å². The van der Waals surface area contributed by atoms with Gasteiger partial charge < -0.3 is 20.3 Å². The van der Waals surface area contributed by atoms with Crippen molar-refractivity contribution in [3.63, 3.8) is 0 Å². The van der Waals surface area contributed by atoms with Crippen LogP contribution >= 0.6 is 43.2 Å². The minimum atomic E-state index is -0.827. The van der Waals surface area contributed by atoms with Crippen LogP contribution in [0.25, 0.3) is 0 Å². The van der Waals surface area contributed by atoms with Gasteiger partial charge in [0.2, 0.25) is 0 Å². The summed E-state index contributed by atoms with van der Waals surface area (Å²) in [5.41, 5.74) is 1.59. The molecule has 0 unspecified atom stereocenters. The van der Waals surface area contributed by atoms with E-state index in [1.54, 1.807) is 84.2 Å². The molecule has 6 rings (SSSR count). The molecule has 0 saturated carbocycles. The number of hydrogen-bond donors (Lipinski definition) is 2. The Balaban J connectivity index is 0.000000236. The van der Waals surface area contributed by atoms with E-state index in [9.17, 15) is 38.4 Å². The fourth-order valence-corrected chi connectivity index (χ4v) is 8.82. The lowest BCUT2D eigenvalue weighted by atomic mass is 10.2. The summed E-state index contributed by atoms with van der Waals surface area (Å²) in [5.74, 6) is -4.10. The Morgan fingerprint density at radius 1 is 0.464 bits per heavy atom. The Morgan fingerprint density at radius 3 is 1.02 bits per heavy atom. The lowest BCUT2D eigenvalue weighted by Gasteiger charge is -2.13. The molecular formula is C38H32N4O10S4. The molecule has 0 radical (unpaired) electrons. The van der Waals surface area contributed by atoms with Gasteiger partial charge in [0.1, 0.15) is 0 Å². The molecule has 288 valence electrons. The molecule has 0 atom stereocenters. The minimum absolute atomic E-state index is 0.00982. The van der Waals surface area contributed by atoms with E-state index >= 15 is 0 Å². The van der Waals surface area contributed by atoms with Crippen molar-refractivity contribution in [2.75, 3.05) is 14.1 Å². The second kappa shape index (κ2) is 19.9. The number of carbonyl (C=O) groups excluding carboxylic acids is 8. The Labute approximate surface area is 336 Å². The molecule has 14 nitrogen and oxygen atoms in total. The molecule has 2 N–H and O–H groups in total. The SMILES string of the molecule is CNC(=O)c1cccc(SSc2cccc(C(=O)NC)c2)c1.O=C(ON1C(=O)CCC1=O)c1cccc(SSc2cccc(C(=O)ON3C(=O)CCC3=O)c2)c1. The summed E-state index contributed by atoms with van der Waals surface area (Å²) in [6.07, 6.45) is 0.0393. The first-order chi connectivity index (χ1) is 26.9. The smallest absolute Gasteiger partial charge is 0.355 e. The van der Waals surface area contributed by atoms with Crippen LogP contribution in [0.4, 0.5) is 0 Å². The Morgan fingerprint density at radius 2 is 0.732 bits per heavy atom. The molecule has 2 saturated heterocycles. The molecule has 56 heavy (non-hydrogen) atoms. The summed E-state index contributed by atoms with van der Waals surface area (Å²) in [6.45, 7) is 0. The number of hydroxylamine groups is 4. The molecule has 4 aromatic carbocycles. The summed E-state index contributed by atoms with van der Waals surface area (Å²) in [5, 5.41) is 6.20. The predicted octanol–water partition coefficient (Wildman–Crippen LogP) is 6.13. The highest BCUT2D eigenvalue weighted by atomic mass is 33.1. The standard InChI is InChI=1S/C22H16N2O8S2.C16H16N2O2S2/c25-17-7-8-18(26)23(17)31-21(29)13-3-1-5-15(11-13)33-34-16-6-2-4-14(12-16)22(30)32-24-19(27)9-10-20(24)28;1-17-15(19)11-5-3-7-13(9-11)21-22-14-8-4-6-12(10-14)16(20)18-2/h1-6,11-12H,7-10H2;3-10H,1-2H3,(H,17,19)(H,18,20). The molecule has 4 aromatic rings. The van der Waals surface area contributed by atoms with E-state index < -0.39 is 35.6 Å². The zero-order chi connectivity index (χ0) is 40.2. The van der Waals surface area contributed by atoms with Gasteiger partial charge >= 0.3 is 11.9 Å². The van der Waals surface area contributed by atoms with E-state index in [0.717, 1.165) is 9.79 Å². The summed E-state index contributed by atoms with van der Waals surface area (Å²) in [6, 6.07) is 27.7. The highest BCUT2D eigenvalue weighted by Crippen LogP contribution is 2.39. The van der Waals surface area contributed by atoms with Crippen LogP contribution in [-0.2, 0) is 28.9 Å². The maximum absolute atomic E-state index is 12.3. The fourth-order valence-electron chi connectivity index (χ4n) is 4.80. The van der Waals surface area contributed by atoms with Gasteiger partial charge in [-0.25, -0.2) is 9.59 Å². The average molecular weight is 833 g/mol. The molecule has 2 aliphatic heterocycles. The second-order valence-corrected chi connectivity index (χ2v) is 16.1. The number of benzene rings is 4. The third kappa shape index (κ3) is 11.2. The van der Waals surface area contributed by atoms with Gasteiger partial charge in [0.05, 0.1) is 11.1 Å². The summed E-state index contributed by atoms with van der Waals surface area (Å²) in [7, 11) is 8.91. The number of hydrogen-bond acceptors (Lipinski definition) is 14. The van der Waals surface area contributed by atoms with Gasteiger partial charge in [0.15, 0.2) is 0 Å². The molecule has 0 aliphatic carbocycles. The number of amides is 6. The van der Waals surface area contributed by atoms with Crippen LogP contribution < -0.4 is 10.6 Å². The van der Waals surface area contributed by atoms with Gasteiger partial charge in [-0.1, -0.05) is 67.4 Å². The summed E-state index contributed by atoms with van der Waals surface area (Å²) >= 11 is 0. The quantitative estimate of drug-likeness (QED) is 0.123. The number of nitrogens with one attached hydrogen (secondary N) is 2. The molecular weight excluding hydrogens is 801 g/mol. The van der Waals surface area contributed by atoms with Gasteiger partial charge in [0, 0.05) is 70.5 Å². The maximum Gasteiger partial charge on any atom is 0.363 e. The number of nitrogens with zero attached hydrogens (tertiary/aromatic N) is 2. The number of rotatable bonds is 12. The third-order valence-corrected chi connectivity index (χ3v) is 12.4. The lowest BCUT2D eigenvalue weighted by molar-refractivity contribution is -0.173. The van der Waals surface area contributed by atoms with Crippen LogP contribution in [0.3, 0.4) is 0 Å². The van der Waals surface area contributed by atoms with Crippen LogP contribution in [0.2, 0.25) is 0 Å². The molecule has 6 amide bonds. The summed E-state index contributed by atoms with van der Waals surface area (Å²) in [4.78, 5) is 108. The van der Waals surface area contributed by atoms with Crippen LogP contribution in [0, 0.1) is 0 Å². The first kappa shape index (κ1) is 41.6. The van der Waals surface area contributed by atoms with Crippen LogP contribution in [0.5, 0.6) is 0 Å². The third-order valence-electron chi connectivity index (χ3n) is 7.61. The van der Waals surface area contributed by atoms with Gasteiger partial charge in [-0.3, -0.25) is 28.8 Å². The molecule has 18 heteroatoms. The van der Waals surface area contributed by atoms with Gasteiger partial charge in [-0.15, -0.1) is 10.1 Å². The lowest BCUT2D eigenvalue weighted by Crippen LogP contribution is -2.32. The normalized spacial score (nSPS) is 13.5. The van der Waals surface area contributed by atoms with E-state index in [1.807, 2.05) is 36.4 Å². The van der Waals surface area contributed by atoms with Crippen LogP contribution in [-0.4, -0.2) is 71.6 Å². The van der Waals surface area contributed by atoms with Crippen molar-refractivity contribution in [1.29, 1.82) is 0 Å². The van der Waals surface area contributed by atoms with E-state index in [-0.39, 0.29) is 48.6 Å². The first-order valence-corrected chi connectivity index (χ1v) is 20.9. The monoisotopic (exact) mass is 832 g/mol. The van der Waals surface area contributed by atoms with Crippen molar-refractivity contribution in [3.05, 3.63) is 119 Å². The van der Waals surface area contributed by atoms with Crippen molar-refractivity contribution < 1.29 is 48.0 Å². The van der Waals surface area contributed by atoms with Crippen molar-refractivity contribution in [1.82, 2.24) is 20.8 Å². The highest BCUT2D eigenvalue weighted by Gasteiger charge is 2.34. The van der Waals surface area contributed by atoms with Crippen molar-refractivity contribution in [2.45, 2.75) is 45.3 Å². The molecule has 0 bridgehead atoms. The van der Waals surface area contributed by atoms with Gasteiger partial charge in [-0.05, 0) is 72.8 Å². The maximum atomic E-state index is 12.3. The molecule has 2 heterocycles. The van der Waals surface area contributed by atoms with Gasteiger partial charge in [0.25, 0.3) is 35.4 Å². The number of imide groups is 2. The van der Waals surface area contributed by atoms with Crippen LogP contribution in [0.15, 0.2) is 117 Å². The highest BCUT2D eigenvalue weighted by molar-refractivity contribution is 8.77. The minimum Gasteiger partial charge on any atom is -0.355 e. The molecule has 2 fully saturated rings. The van der Waals surface area contributed by atoms with Crippen molar-refractivity contribution in [3.8, 4) is 0 Å². The van der Waals surface area contributed by atoms with E-state index in [2.05, 4.69) is 10.6 Å². The van der Waals surface area contributed by atoms with Crippen LogP contribution in [0.1, 0.15) is 67.1 Å². The average Bonchev–Trinajstić information content (AvgIpc) is 3.72. The van der Waals surface area contributed by atoms with Crippen molar-refractivity contribution >= 4 is 90.6 Å².